The summed E-state index contributed by atoms with van der Waals surface area (Å²) in [5.41, 5.74) is -0.264. The molecule has 0 aliphatic heterocycles. The molecule has 0 atom stereocenters. The minimum atomic E-state index is -3.76. The zero-order valence-electron chi connectivity index (χ0n) is 10.9. The van der Waals surface area contributed by atoms with Crippen LogP contribution in [-0.2, 0) is 16.4 Å². The minimum absolute atomic E-state index is 0.128. The van der Waals surface area contributed by atoms with E-state index >= 15 is 0 Å². The van der Waals surface area contributed by atoms with Crippen LogP contribution in [0.2, 0.25) is 0 Å². The van der Waals surface area contributed by atoms with Crippen molar-refractivity contribution >= 4 is 15.7 Å². The Kier molecular flexibility index (Phi) is 4.60. The van der Waals surface area contributed by atoms with Crippen LogP contribution in [-0.4, -0.2) is 35.1 Å². The predicted octanol–water partition coefficient (Wildman–Crippen LogP) is 0.624. The Morgan fingerprint density at radius 1 is 1.38 bits per heavy atom. The highest BCUT2D eigenvalue weighted by atomic mass is 32.2. The van der Waals surface area contributed by atoms with Crippen LogP contribution >= 0.6 is 0 Å². The van der Waals surface area contributed by atoms with Crippen molar-refractivity contribution in [3.8, 4) is 0 Å². The van der Waals surface area contributed by atoms with E-state index in [9.17, 15) is 18.5 Å². The predicted molar refractivity (Wildman–Crippen MR) is 73.0 cm³/mol. The van der Waals surface area contributed by atoms with E-state index in [4.69, 9.17) is 0 Å². The first-order valence-electron chi connectivity index (χ1n) is 6.07. The molecule has 9 nitrogen and oxygen atoms in total. The number of aryl methyl sites for hydroxylation is 1. The van der Waals surface area contributed by atoms with Crippen LogP contribution in [0.1, 0.15) is 12.2 Å². The molecule has 0 bridgehead atoms. The molecular weight excluding hydrogens is 298 g/mol. The quantitative estimate of drug-likeness (QED) is 0.438. The van der Waals surface area contributed by atoms with Gasteiger partial charge in [0.05, 0.1) is 9.82 Å². The Morgan fingerprint density at radius 3 is 2.86 bits per heavy atom. The standard InChI is InChI=1S/C11H13N5O4S/c17-16(18)9-3-1-4-10(7-9)21(19,20)14-6-2-5-11-12-8-13-15-11/h1,3-4,7-8,14H,2,5-6H2,(H,12,13,15). The third kappa shape index (κ3) is 4.07. The van der Waals surface area contributed by atoms with Crippen LogP contribution in [0.25, 0.3) is 0 Å². The van der Waals surface area contributed by atoms with Gasteiger partial charge in [-0.05, 0) is 12.5 Å². The number of nitro groups is 1. The van der Waals surface area contributed by atoms with E-state index < -0.39 is 14.9 Å². The number of aromatic amines is 1. The highest BCUT2D eigenvalue weighted by Gasteiger charge is 2.16. The Hall–Kier alpha value is -2.33. The summed E-state index contributed by atoms with van der Waals surface area (Å²) >= 11 is 0. The zero-order valence-corrected chi connectivity index (χ0v) is 11.7. The largest absolute Gasteiger partial charge is 0.270 e. The van der Waals surface area contributed by atoms with Gasteiger partial charge in [0, 0.05) is 25.1 Å². The number of nitrogens with one attached hydrogen (secondary N) is 2. The van der Waals surface area contributed by atoms with E-state index in [-0.39, 0.29) is 17.1 Å². The van der Waals surface area contributed by atoms with Gasteiger partial charge in [-0.2, -0.15) is 5.10 Å². The molecule has 0 fully saturated rings. The maximum absolute atomic E-state index is 12.0. The normalized spacial score (nSPS) is 11.4. The molecule has 0 spiro atoms. The fourth-order valence-electron chi connectivity index (χ4n) is 1.66. The van der Waals surface area contributed by atoms with Gasteiger partial charge in [0.1, 0.15) is 12.2 Å². The van der Waals surface area contributed by atoms with Gasteiger partial charge in [0.25, 0.3) is 5.69 Å². The maximum atomic E-state index is 12.0. The molecule has 2 aromatic rings. The lowest BCUT2D eigenvalue weighted by atomic mass is 10.3. The van der Waals surface area contributed by atoms with E-state index in [1.54, 1.807) is 0 Å². The fourth-order valence-corrected chi connectivity index (χ4v) is 2.77. The third-order valence-corrected chi connectivity index (χ3v) is 4.14. The van der Waals surface area contributed by atoms with Crippen LogP contribution in [0.4, 0.5) is 5.69 Å². The summed E-state index contributed by atoms with van der Waals surface area (Å²) < 4.78 is 26.4. The van der Waals surface area contributed by atoms with Crippen molar-refractivity contribution in [2.24, 2.45) is 0 Å². The van der Waals surface area contributed by atoms with Crippen molar-refractivity contribution < 1.29 is 13.3 Å². The van der Waals surface area contributed by atoms with Gasteiger partial charge in [-0.3, -0.25) is 15.2 Å². The molecule has 112 valence electrons. The molecule has 1 aromatic carbocycles. The summed E-state index contributed by atoms with van der Waals surface area (Å²) in [4.78, 5) is 13.8. The highest BCUT2D eigenvalue weighted by Crippen LogP contribution is 2.17. The molecule has 0 saturated heterocycles. The lowest BCUT2D eigenvalue weighted by molar-refractivity contribution is -0.385. The average molecular weight is 311 g/mol. The molecule has 2 N–H and O–H groups in total. The minimum Gasteiger partial charge on any atom is -0.263 e. The lowest BCUT2D eigenvalue weighted by Gasteiger charge is -2.06. The van der Waals surface area contributed by atoms with E-state index in [1.807, 2.05) is 0 Å². The molecule has 0 unspecified atom stereocenters. The second-order valence-electron chi connectivity index (χ2n) is 4.19. The molecule has 2 rings (SSSR count). The van der Waals surface area contributed by atoms with Gasteiger partial charge < -0.3 is 0 Å². The van der Waals surface area contributed by atoms with E-state index in [0.29, 0.717) is 18.7 Å². The molecule has 10 heteroatoms. The first-order chi connectivity index (χ1) is 9.99. The van der Waals surface area contributed by atoms with Gasteiger partial charge in [0.15, 0.2) is 0 Å². The molecule has 0 aliphatic rings. The van der Waals surface area contributed by atoms with Gasteiger partial charge in [-0.25, -0.2) is 18.1 Å². The third-order valence-electron chi connectivity index (χ3n) is 2.69. The molecule has 1 aromatic heterocycles. The number of H-pyrrole nitrogens is 1. The van der Waals surface area contributed by atoms with Gasteiger partial charge in [0.2, 0.25) is 10.0 Å². The van der Waals surface area contributed by atoms with Crippen molar-refractivity contribution in [1.82, 2.24) is 19.9 Å². The van der Waals surface area contributed by atoms with E-state index in [0.717, 1.165) is 6.07 Å². The number of nitro benzene ring substituents is 1. The Morgan fingerprint density at radius 2 is 2.19 bits per heavy atom. The summed E-state index contributed by atoms with van der Waals surface area (Å²) in [6.07, 6.45) is 2.46. The summed E-state index contributed by atoms with van der Waals surface area (Å²) in [5.74, 6) is 0.671. The van der Waals surface area contributed by atoms with E-state index in [2.05, 4.69) is 19.9 Å². The molecule has 0 saturated carbocycles. The highest BCUT2D eigenvalue weighted by molar-refractivity contribution is 7.89. The fraction of sp³-hybridized carbons (Fsp3) is 0.273. The number of aromatic nitrogens is 3. The van der Waals surface area contributed by atoms with Crippen molar-refractivity contribution in [3.63, 3.8) is 0 Å². The Labute approximate surface area is 120 Å². The van der Waals surface area contributed by atoms with Crippen molar-refractivity contribution in [2.75, 3.05) is 6.54 Å². The van der Waals surface area contributed by atoms with Crippen molar-refractivity contribution in [1.29, 1.82) is 0 Å². The second-order valence-corrected chi connectivity index (χ2v) is 5.95. The number of benzene rings is 1. The van der Waals surface area contributed by atoms with Crippen LogP contribution in [0, 0.1) is 10.1 Å². The number of hydrogen-bond acceptors (Lipinski definition) is 6. The number of rotatable bonds is 7. The maximum Gasteiger partial charge on any atom is 0.270 e. The first kappa shape index (κ1) is 15.1. The Balaban J connectivity index is 1.95. The summed E-state index contributed by atoms with van der Waals surface area (Å²) in [6.45, 7) is 0.200. The van der Waals surface area contributed by atoms with Crippen LogP contribution in [0.3, 0.4) is 0 Å². The zero-order chi connectivity index (χ0) is 15.3. The molecule has 0 aliphatic carbocycles. The topological polar surface area (TPSA) is 131 Å². The molecule has 1 heterocycles. The van der Waals surface area contributed by atoms with Crippen LogP contribution < -0.4 is 4.72 Å². The number of nitrogens with zero attached hydrogens (tertiary/aromatic N) is 3. The van der Waals surface area contributed by atoms with Crippen LogP contribution in [0.15, 0.2) is 35.5 Å². The Bertz CT molecular complexity index is 714. The van der Waals surface area contributed by atoms with Crippen molar-refractivity contribution in [2.45, 2.75) is 17.7 Å². The van der Waals surface area contributed by atoms with Gasteiger partial charge >= 0.3 is 0 Å². The molecular formula is C11H13N5O4S. The number of sulfonamides is 1. The number of non-ortho nitro benzene ring substituents is 1. The summed E-state index contributed by atoms with van der Waals surface area (Å²) in [7, 11) is -3.76. The van der Waals surface area contributed by atoms with E-state index in [1.165, 1.54) is 24.5 Å². The monoisotopic (exact) mass is 311 g/mol. The first-order valence-corrected chi connectivity index (χ1v) is 7.56. The summed E-state index contributed by atoms with van der Waals surface area (Å²) in [5, 5.41) is 17.0. The lowest BCUT2D eigenvalue weighted by Crippen LogP contribution is -2.25. The smallest absolute Gasteiger partial charge is 0.263 e. The second kappa shape index (κ2) is 6.41. The van der Waals surface area contributed by atoms with Crippen molar-refractivity contribution in [3.05, 3.63) is 46.5 Å². The molecule has 21 heavy (non-hydrogen) atoms. The van der Waals surface area contributed by atoms with Crippen LogP contribution in [0.5, 0.6) is 0 Å². The molecule has 0 amide bonds. The van der Waals surface area contributed by atoms with Gasteiger partial charge in [-0.15, -0.1) is 0 Å². The number of hydrogen-bond donors (Lipinski definition) is 2. The van der Waals surface area contributed by atoms with Gasteiger partial charge in [-0.1, -0.05) is 6.07 Å². The molecule has 0 radical (unpaired) electrons. The summed E-state index contributed by atoms with van der Waals surface area (Å²) in [6, 6.07) is 4.91. The average Bonchev–Trinajstić information content (AvgIpc) is 2.97. The SMILES string of the molecule is O=[N+]([O-])c1cccc(S(=O)(=O)NCCCc2ncn[nH]2)c1.